The van der Waals surface area contributed by atoms with Gasteiger partial charge in [-0.15, -0.1) is 0 Å². The predicted molar refractivity (Wildman–Crippen MR) is 226 cm³/mol. The molecule has 16 heteroatoms. The van der Waals surface area contributed by atoms with E-state index in [9.17, 15) is 24.3 Å². The van der Waals surface area contributed by atoms with Gasteiger partial charge in [0.05, 0.1) is 43.0 Å². The Labute approximate surface area is 360 Å². The topological polar surface area (TPSA) is 181 Å². The highest BCUT2D eigenvalue weighted by atomic mass is 16.7. The Bertz CT molecular complexity index is 1860. The predicted octanol–water partition coefficient (Wildman–Crippen LogP) is 5.25. The van der Waals surface area contributed by atoms with Gasteiger partial charge in [-0.1, -0.05) is 27.7 Å². The van der Waals surface area contributed by atoms with Gasteiger partial charge < -0.3 is 47.9 Å². The first-order valence-corrected chi connectivity index (χ1v) is 21.7. The first-order valence-electron chi connectivity index (χ1n) is 21.7. The molecule has 1 N–H and O–H groups in total. The number of methoxy groups -OCH3 is 2. The summed E-state index contributed by atoms with van der Waals surface area (Å²) in [4.78, 5) is 69.5. The first kappa shape index (κ1) is 48.1. The number of aliphatic hydroxyl groups is 1. The highest BCUT2D eigenvalue weighted by molar-refractivity contribution is 6.00. The van der Waals surface area contributed by atoms with Crippen LogP contribution in [0.25, 0.3) is 11.3 Å². The maximum absolute atomic E-state index is 14.8. The Kier molecular flexibility index (Phi) is 15.5. The Hall–Kier alpha value is -3.96. The highest BCUT2D eigenvalue weighted by Gasteiger charge is 2.60. The van der Waals surface area contributed by atoms with Crippen molar-refractivity contribution in [2.75, 3.05) is 34.9 Å². The number of pyridine rings is 1. The number of esters is 1. The molecule has 5 rings (SSSR count). The van der Waals surface area contributed by atoms with Crippen molar-refractivity contribution < 1.29 is 52.7 Å². The number of ketones is 2. The number of aliphatic hydroxyl groups excluding tert-OH is 1. The number of nitrogens with zero attached hydrogens (tertiary/aromatic N) is 5. The molecule has 3 aliphatic rings. The average molecular weight is 856 g/mol. The van der Waals surface area contributed by atoms with E-state index in [0.29, 0.717) is 31.7 Å². The fraction of sp³-hybridized carbons (Fsp3) is 0.733. The van der Waals surface area contributed by atoms with E-state index in [1.165, 1.54) is 14.0 Å². The van der Waals surface area contributed by atoms with E-state index in [0.717, 1.165) is 17.0 Å². The largest absolute Gasteiger partial charge is 0.481 e. The second-order valence-electron chi connectivity index (χ2n) is 18.0. The van der Waals surface area contributed by atoms with Gasteiger partial charge in [-0.05, 0) is 86.9 Å². The van der Waals surface area contributed by atoms with Gasteiger partial charge >= 0.3 is 12.1 Å². The highest BCUT2D eigenvalue weighted by Crippen LogP contribution is 2.43. The molecule has 340 valence electrons. The smallest absolute Gasteiger partial charge is 0.410 e. The standard InChI is InChI=1S/C45H69N5O11/c1-14-33-45(9)39(50(43(55)61-45)20-16-15-19-49-24-47-35(30(49)7)31-17-18-34(56-12)46-23-31)27(4)36(51)25(2)22-44(8,57-13)40(28(5)37(52)29(6)41(54)59-33)60-42-38(53)32(48(10)11)21-26(3)58-42/h17-18,23-29,32-33,38-40,42,53H,14-16,19-22H2,1-13H3/t25-,26-,27+,28+,29-,32+,33-,38-,39-,40-,42+,44+,45-/m1/s1. The van der Waals surface area contributed by atoms with Crippen molar-refractivity contribution >= 4 is 23.6 Å². The lowest BCUT2D eigenvalue weighted by molar-refractivity contribution is -0.295. The lowest BCUT2D eigenvalue weighted by Gasteiger charge is -2.47. The Morgan fingerprint density at radius 2 is 1.66 bits per heavy atom. The van der Waals surface area contributed by atoms with Crippen LogP contribution in [-0.4, -0.2) is 142 Å². The van der Waals surface area contributed by atoms with Crippen LogP contribution >= 0.6 is 0 Å². The number of unbranched alkanes of at least 4 members (excludes halogenated alkanes) is 1. The number of carbonyl (C=O) groups excluding carboxylic acids is 4. The van der Waals surface area contributed by atoms with Crippen molar-refractivity contribution in [1.29, 1.82) is 0 Å². The molecule has 3 saturated heterocycles. The molecule has 0 radical (unpaired) electrons. The number of aromatic nitrogens is 3. The molecule has 0 aromatic carbocycles. The van der Waals surface area contributed by atoms with Crippen LogP contribution in [-0.2, 0) is 44.6 Å². The summed E-state index contributed by atoms with van der Waals surface area (Å²) >= 11 is 0. The third kappa shape index (κ3) is 9.83. The van der Waals surface area contributed by atoms with Crippen molar-refractivity contribution in [3.8, 4) is 17.1 Å². The summed E-state index contributed by atoms with van der Waals surface area (Å²) in [6.07, 6.45) is 0.668. The molecule has 2 aromatic heterocycles. The SMILES string of the molecule is CC[C@H]1OC(=O)[C@H](C)C(=O)[C@H](C)[C@@H](O[C@@H]2O[C@H](C)C[C@H](N(C)C)[C@H]2O)[C@@](C)(OC)C[C@@H](C)C(=O)[C@H](C)[C@H]2N(CCCCn3cnc(-c4ccc(OC)nc4)c3C)C(=O)O[C@]12C. The third-order valence-electron chi connectivity index (χ3n) is 13.5. The summed E-state index contributed by atoms with van der Waals surface area (Å²) in [5, 5.41) is 11.5. The van der Waals surface area contributed by atoms with E-state index in [1.54, 1.807) is 58.3 Å². The quantitative estimate of drug-likeness (QED) is 0.166. The van der Waals surface area contributed by atoms with Crippen LogP contribution in [0.1, 0.15) is 93.2 Å². The van der Waals surface area contributed by atoms with E-state index in [4.69, 9.17) is 28.4 Å². The van der Waals surface area contributed by atoms with Crippen LogP contribution in [0.2, 0.25) is 0 Å². The van der Waals surface area contributed by atoms with Crippen molar-refractivity contribution in [2.45, 2.75) is 155 Å². The Balaban J connectivity index is 1.43. The van der Waals surface area contributed by atoms with Crippen molar-refractivity contribution in [1.82, 2.24) is 24.3 Å². The molecule has 61 heavy (non-hydrogen) atoms. The maximum atomic E-state index is 14.8. The molecular weight excluding hydrogens is 787 g/mol. The van der Waals surface area contributed by atoms with Crippen LogP contribution in [0, 0.1) is 30.6 Å². The molecule has 3 fully saturated rings. The average Bonchev–Trinajstić information content (AvgIpc) is 3.73. The normalized spacial score (nSPS) is 35.5. The summed E-state index contributed by atoms with van der Waals surface area (Å²) in [5.41, 5.74) is -0.0333. The maximum Gasteiger partial charge on any atom is 0.410 e. The second-order valence-corrected chi connectivity index (χ2v) is 18.0. The number of Topliss-reactive ketones (excluding diaryl/α,β-unsaturated/α-hetero) is 2. The summed E-state index contributed by atoms with van der Waals surface area (Å²) in [6, 6.07) is 2.62. The molecule has 0 spiro atoms. The minimum atomic E-state index is -1.42. The summed E-state index contributed by atoms with van der Waals surface area (Å²) < 4.78 is 38.5. The van der Waals surface area contributed by atoms with Crippen molar-refractivity contribution in [3.05, 3.63) is 30.4 Å². The second kappa shape index (κ2) is 19.6. The van der Waals surface area contributed by atoms with Gasteiger partial charge in [0.25, 0.3) is 0 Å². The van der Waals surface area contributed by atoms with E-state index in [-0.39, 0.29) is 37.3 Å². The third-order valence-corrected chi connectivity index (χ3v) is 13.5. The van der Waals surface area contributed by atoms with E-state index in [2.05, 4.69) is 14.5 Å². The number of imidazole rings is 1. The van der Waals surface area contributed by atoms with Gasteiger partial charge in [-0.25, -0.2) is 14.8 Å². The summed E-state index contributed by atoms with van der Waals surface area (Å²) in [7, 11) is 6.81. The molecule has 0 unspecified atom stereocenters. The molecule has 3 aliphatic heterocycles. The number of ether oxygens (including phenoxy) is 6. The number of amides is 1. The molecule has 0 saturated carbocycles. The van der Waals surface area contributed by atoms with Crippen LogP contribution < -0.4 is 4.74 Å². The lowest BCUT2D eigenvalue weighted by atomic mass is 9.73. The number of aryl methyl sites for hydroxylation is 1. The van der Waals surface area contributed by atoms with E-state index >= 15 is 0 Å². The minimum Gasteiger partial charge on any atom is -0.481 e. The number of cyclic esters (lactones) is 1. The zero-order valence-corrected chi connectivity index (χ0v) is 38.4. The molecule has 13 atom stereocenters. The van der Waals surface area contributed by atoms with E-state index < -0.39 is 83.4 Å². The zero-order chi connectivity index (χ0) is 45.1. The molecule has 2 aromatic rings. The van der Waals surface area contributed by atoms with Crippen LogP contribution in [0.3, 0.4) is 0 Å². The van der Waals surface area contributed by atoms with Crippen LogP contribution in [0.4, 0.5) is 4.79 Å². The Morgan fingerprint density at radius 3 is 2.26 bits per heavy atom. The lowest BCUT2D eigenvalue weighted by Crippen LogP contribution is -2.60. The fourth-order valence-electron chi connectivity index (χ4n) is 9.87. The van der Waals surface area contributed by atoms with Gasteiger partial charge in [0, 0.05) is 67.5 Å². The number of fused-ring (bicyclic) bond motifs is 1. The van der Waals surface area contributed by atoms with Crippen molar-refractivity contribution in [3.63, 3.8) is 0 Å². The molecule has 0 aliphatic carbocycles. The minimum absolute atomic E-state index is 0.123. The van der Waals surface area contributed by atoms with Crippen LogP contribution in [0.15, 0.2) is 24.7 Å². The van der Waals surface area contributed by atoms with Gasteiger partial charge in [0.1, 0.15) is 23.9 Å². The van der Waals surface area contributed by atoms with Crippen molar-refractivity contribution in [2.24, 2.45) is 23.7 Å². The zero-order valence-electron chi connectivity index (χ0n) is 38.4. The number of hydrogen-bond acceptors (Lipinski definition) is 14. The number of rotatable bonds is 12. The number of carbonyl (C=O) groups is 4. The number of likely N-dealkylation sites (N-methyl/N-ethyl adjacent to an activating group) is 1. The van der Waals surface area contributed by atoms with Crippen LogP contribution in [0.5, 0.6) is 5.88 Å². The summed E-state index contributed by atoms with van der Waals surface area (Å²) in [5.74, 6) is -4.49. The molecule has 0 bridgehead atoms. The van der Waals surface area contributed by atoms with Gasteiger partial charge in [0.2, 0.25) is 5.88 Å². The number of hydrogen-bond donors (Lipinski definition) is 1. The monoisotopic (exact) mass is 855 g/mol. The first-order chi connectivity index (χ1) is 28.7. The molecular formula is C45H69N5O11. The fourth-order valence-corrected chi connectivity index (χ4v) is 9.87. The summed E-state index contributed by atoms with van der Waals surface area (Å²) in [6.45, 7) is 16.9. The molecule has 16 nitrogen and oxygen atoms in total. The molecule has 5 heterocycles. The van der Waals surface area contributed by atoms with E-state index in [1.807, 2.05) is 52.8 Å². The van der Waals surface area contributed by atoms with Gasteiger partial charge in [-0.2, -0.15) is 0 Å². The Morgan fingerprint density at radius 1 is 0.967 bits per heavy atom. The van der Waals surface area contributed by atoms with Gasteiger partial charge in [-0.3, -0.25) is 14.4 Å². The van der Waals surface area contributed by atoms with Gasteiger partial charge in [0.15, 0.2) is 17.7 Å². The molecule has 1 amide bonds.